The SMILES string of the molecule is COC1CC(=O)N(C2CCN(C(=O)Nc3cc(C)on3)CC2)C1. The molecule has 8 heteroatoms. The van der Waals surface area contributed by atoms with Crippen LogP contribution >= 0.6 is 0 Å². The van der Waals surface area contributed by atoms with E-state index >= 15 is 0 Å². The molecule has 1 unspecified atom stereocenters. The van der Waals surface area contributed by atoms with Crippen LogP contribution < -0.4 is 5.32 Å². The highest BCUT2D eigenvalue weighted by atomic mass is 16.5. The fourth-order valence-corrected chi connectivity index (χ4v) is 3.20. The van der Waals surface area contributed by atoms with Crippen LogP contribution in [0.3, 0.4) is 0 Å². The van der Waals surface area contributed by atoms with Gasteiger partial charge in [-0.15, -0.1) is 0 Å². The van der Waals surface area contributed by atoms with E-state index in [1.807, 2.05) is 4.90 Å². The molecule has 23 heavy (non-hydrogen) atoms. The molecular weight excluding hydrogens is 300 g/mol. The van der Waals surface area contributed by atoms with E-state index in [0.717, 1.165) is 12.8 Å². The minimum atomic E-state index is -0.181. The number of carbonyl (C=O) groups excluding carboxylic acids is 2. The molecule has 2 aliphatic rings. The Morgan fingerprint density at radius 3 is 2.74 bits per heavy atom. The number of amides is 3. The summed E-state index contributed by atoms with van der Waals surface area (Å²) in [5.41, 5.74) is 0. The lowest BCUT2D eigenvalue weighted by Gasteiger charge is -2.36. The maximum absolute atomic E-state index is 12.2. The first-order valence-corrected chi connectivity index (χ1v) is 7.88. The van der Waals surface area contributed by atoms with Gasteiger partial charge in [0.05, 0.1) is 12.5 Å². The molecule has 1 atom stereocenters. The highest BCUT2D eigenvalue weighted by Crippen LogP contribution is 2.24. The molecule has 8 nitrogen and oxygen atoms in total. The number of nitrogens with zero attached hydrogens (tertiary/aromatic N) is 3. The van der Waals surface area contributed by atoms with Crippen LogP contribution in [0.25, 0.3) is 0 Å². The van der Waals surface area contributed by atoms with Crippen molar-refractivity contribution in [2.45, 2.75) is 38.3 Å². The molecule has 0 radical (unpaired) electrons. The van der Waals surface area contributed by atoms with E-state index in [1.165, 1.54) is 0 Å². The Morgan fingerprint density at radius 2 is 2.17 bits per heavy atom. The van der Waals surface area contributed by atoms with Crippen molar-refractivity contribution in [3.63, 3.8) is 0 Å². The van der Waals surface area contributed by atoms with Gasteiger partial charge in [0.15, 0.2) is 5.82 Å². The zero-order valence-corrected chi connectivity index (χ0v) is 13.4. The Kier molecular flexibility index (Phi) is 4.51. The molecule has 0 bridgehead atoms. The number of hydrogen-bond acceptors (Lipinski definition) is 5. The molecule has 3 rings (SSSR count). The smallest absolute Gasteiger partial charge is 0.323 e. The second-order valence-corrected chi connectivity index (χ2v) is 6.08. The Labute approximate surface area is 134 Å². The number of anilines is 1. The van der Waals surface area contributed by atoms with Crippen LogP contribution in [0.15, 0.2) is 10.6 Å². The van der Waals surface area contributed by atoms with Crippen molar-refractivity contribution >= 4 is 17.8 Å². The van der Waals surface area contributed by atoms with Crippen LogP contribution in [0.4, 0.5) is 10.6 Å². The third-order valence-corrected chi connectivity index (χ3v) is 4.51. The van der Waals surface area contributed by atoms with Crippen molar-refractivity contribution in [1.82, 2.24) is 15.0 Å². The Hall–Kier alpha value is -2.09. The molecule has 1 N–H and O–H groups in total. The van der Waals surface area contributed by atoms with Crippen molar-refractivity contribution in [3.8, 4) is 0 Å². The summed E-state index contributed by atoms with van der Waals surface area (Å²) in [5, 5.41) is 6.48. The topological polar surface area (TPSA) is 87.9 Å². The quantitative estimate of drug-likeness (QED) is 0.904. The lowest BCUT2D eigenvalue weighted by atomic mass is 10.0. The maximum atomic E-state index is 12.2. The van der Waals surface area contributed by atoms with Crippen molar-refractivity contribution < 1.29 is 18.8 Å². The predicted molar refractivity (Wildman–Crippen MR) is 82.0 cm³/mol. The number of ether oxygens (including phenoxy) is 1. The van der Waals surface area contributed by atoms with Crippen LogP contribution in [-0.2, 0) is 9.53 Å². The largest absolute Gasteiger partial charge is 0.379 e. The van der Waals surface area contributed by atoms with Gasteiger partial charge in [-0.25, -0.2) is 4.79 Å². The van der Waals surface area contributed by atoms with E-state index in [2.05, 4.69) is 10.5 Å². The normalized spacial score (nSPS) is 22.7. The minimum Gasteiger partial charge on any atom is -0.379 e. The van der Waals surface area contributed by atoms with Crippen molar-refractivity contribution in [2.75, 3.05) is 32.1 Å². The summed E-state index contributed by atoms with van der Waals surface area (Å²) in [7, 11) is 1.64. The number of methoxy groups -OCH3 is 1. The average Bonchev–Trinajstić information content (AvgIpc) is 3.13. The van der Waals surface area contributed by atoms with Gasteiger partial charge in [0.1, 0.15) is 5.76 Å². The number of likely N-dealkylation sites (tertiary alicyclic amines) is 2. The van der Waals surface area contributed by atoms with Crippen LogP contribution in [0, 0.1) is 6.92 Å². The van der Waals surface area contributed by atoms with E-state index in [4.69, 9.17) is 9.26 Å². The van der Waals surface area contributed by atoms with Gasteiger partial charge >= 0.3 is 6.03 Å². The number of aryl methyl sites for hydroxylation is 1. The molecule has 0 saturated carbocycles. The summed E-state index contributed by atoms with van der Waals surface area (Å²) in [5.74, 6) is 1.23. The van der Waals surface area contributed by atoms with E-state index < -0.39 is 0 Å². The molecule has 1 aromatic heterocycles. The Balaban J connectivity index is 1.50. The van der Waals surface area contributed by atoms with Crippen LogP contribution in [0.5, 0.6) is 0 Å². The summed E-state index contributed by atoms with van der Waals surface area (Å²) >= 11 is 0. The number of piperidine rings is 1. The summed E-state index contributed by atoms with van der Waals surface area (Å²) in [6.45, 7) is 3.67. The van der Waals surface area contributed by atoms with Crippen molar-refractivity contribution in [1.29, 1.82) is 0 Å². The third-order valence-electron chi connectivity index (χ3n) is 4.51. The molecule has 0 spiro atoms. The maximum Gasteiger partial charge on any atom is 0.323 e. The van der Waals surface area contributed by atoms with E-state index in [-0.39, 0.29) is 24.1 Å². The highest BCUT2D eigenvalue weighted by molar-refractivity contribution is 5.88. The second kappa shape index (κ2) is 6.57. The molecule has 3 heterocycles. The molecular formula is C15H22N4O4. The first-order valence-electron chi connectivity index (χ1n) is 7.88. The molecule has 1 aromatic rings. The minimum absolute atomic E-state index is 0.000710. The first kappa shape index (κ1) is 15.8. The predicted octanol–water partition coefficient (Wildman–Crippen LogP) is 1.23. The van der Waals surface area contributed by atoms with Crippen LogP contribution in [-0.4, -0.2) is 65.8 Å². The summed E-state index contributed by atoms with van der Waals surface area (Å²) in [4.78, 5) is 27.9. The monoisotopic (exact) mass is 322 g/mol. The molecule has 2 fully saturated rings. The first-order chi connectivity index (χ1) is 11.1. The summed E-state index contributed by atoms with van der Waals surface area (Å²) < 4.78 is 10.2. The van der Waals surface area contributed by atoms with Gasteiger partial charge in [0, 0.05) is 38.9 Å². The van der Waals surface area contributed by atoms with Gasteiger partial charge in [-0.1, -0.05) is 5.16 Å². The number of rotatable bonds is 3. The zero-order chi connectivity index (χ0) is 16.4. The Bertz CT molecular complexity index is 580. The Morgan fingerprint density at radius 1 is 1.43 bits per heavy atom. The van der Waals surface area contributed by atoms with E-state index in [0.29, 0.717) is 37.6 Å². The number of urea groups is 1. The van der Waals surface area contributed by atoms with Crippen LogP contribution in [0.1, 0.15) is 25.0 Å². The highest BCUT2D eigenvalue weighted by Gasteiger charge is 2.36. The molecule has 0 aliphatic carbocycles. The van der Waals surface area contributed by atoms with Gasteiger partial charge in [-0.3, -0.25) is 10.1 Å². The number of nitrogens with one attached hydrogen (secondary N) is 1. The lowest BCUT2D eigenvalue weighted by Crippen LogP contribution is -2.48. The number of aromatic nitrogens is 1. The fraction of sp³-hybridized carbons (Fsp3) is 0.667. The van der Waals surface area contributed by atoms with E-state index in [1.54, 1.807) is 25.0 Å². The molecule has 126 valence electrons. The summed E-state index contributed by atoms with van der Waals surface area (Å²) in [6.07, 6.45) is 2.03. The van der Waals surface area contributed by atoms with Crippen molar-refractivity contribution in [3.05, 3.63) is 11.8 Å². The van der Waals surface area contributed by atoms with Gasteiger partial charge in [-0.05, 0) is 19.8 Å². The third kappa shape index (κ3) is 3.47. The summed E-state index contributed by atoms with van der Waals surface area (Å²) in [6, 6.07) is 1.69. The average molecular weight is 322 g/mol. The van der Waals surface area contributed by atoms with Crippen LogP contribution in [0.2, 0.25) is 0 Å². The molecule has 2 aliphatic heterocycles. The zero-order valence-electron chi connectivity index (χ0n) is 13.4. The number of carbonyl (C=O) groups is 2. The van der Waals surface area contributed by atoms with Gasteiger partial charge in [0.25, 0.3) is 0 Å². The van der Waals surface area contributed by atoms with E-state index in [9.17, 15) is 9.59 Å². The molecule has 0 aromatic carbocycles. The van der Waals surface area contributed by atoms with Crippen molar-refractivity contribution in [2.24, 2.45) is 0 Å². The van der Waals surface area contributed by atoms with Gasteiger partial charge < -0.3 is 19.1 Å². The van der Waals surface area contributed by atoms with Gasteiger partial charge in [0.2, 0.25) is 5.91 Å². The fourth-order valence-electron chi connectivity index (χ4n) is 3.20. The lowest BCUT2D eigenvalue weighted by molar-refractivity contribution is -0.130. The molecule has 2 saturated heterocycles. The second-order valence-electron chi connectivity index (χ2n) is 6.08. The standard InChI is InChI=1S/C15H22N4O4/c1-10-7-13(17-23-10)16-15(21)18-5-3-11(4-6-18)19-9-12(22-2)8-14(19)20/h7,11-12H,3-6,8-9H2,1-2H3,(H,16,17,21). The van der Waals surface area contributed by atoms with Gasteiger partial charge in [-0.2, -0.15) is 0 Å². The number of hydrogen-bond donors (Lipinski definition) is 1. The molecule has 3 amide bonds.